The molecule has 0 aliphatic carbocycles. The average molecular weight is 244 g/mol. The second-order valence-corrected chi connectivity index (χ2v) is 1.54. The van der Waals surface area contributed by atoms with E-state index in [-0.39, 0.29) is 126 Å². The van der Waals surface area contributed by atoms with Gasteiger partial charge in [-0.05, 0) is 0 Å². The minimum Gasteiger partial charge on any atom is -1.00 e. The predicted octanol–water partition coefficient (Wildman–Crippen LogP) is -1.24. The van der Waals surface area contributed by atoms with Gasteiger partial charge in [-0.1, -0.05) is 0 Å². The van der Waals surface area contributed by atoms with Crippen LogP contribution in [0.3, 0.4) is 0 Å². The summed E-state index contributed by atoms with van der Waals surface area (Å²) in [6.07, 6.45) is 0. The van der Waals surface area contributed by atoms with Gasteiger partial charge in [0.1, 0.15) is 0 Å². The Kier molecular flexibility index (Phi) is 46.7. The van der Waals surface area contributed by atoms with Crippen molar-refractivity contribution in [2.45, 2.75) is 0 Å². The third-order valence-corrected chi connectivity index (χ3v) is 0. The summed E-state index contributed by atoms with van der Waals surface area (Å²) in [5.41, 5.74) is 0. The number of rotatable bonds is 0. The summed E-state index contributed by atoms with van der Waals surface area (Å²) in [5.74, 6) is 0. The number of phosphoric acid groups is 1. The molecule has 0 spiro atoms. The molecule has 0 unspecified atom stereocenters. The number of hydrogen-bond donors (Lipinski definition) is 3. The quantitative estimate of drug-likeness (QED) is 0.368. The summed E-state index contributed by atoms with van der Waals surface area (Å²) in [6, 6.07) is 0. The van der Waals surface area contributed by atoms with Crippen molar-refractivity contribution in [3.8, 4) is 0 Å². The average Bonchev–Trinajstić information content (AvgIpc) is 0.722. The third kappa shape index (κ3) is 78.1. The first kappa shape index (κ1) is 29.3. The molecule has 0 fully saturated rings. The van der Waals surface area contributed by atoms with Crippen LogP contribution >= 0.6 is 7.82 Å². The van der Waals surface area contributed by atoms with Crippen LogP contribution in [0.5, 0.6) is 0 Å². The maximum atomic E-state index is 8.88. The Hall–Kier alpha value is 3.82. The molecule has 9 heteroatoms. The number of halogens is 1. The fourth-order valence-corrected chi connectivity index (χ4v) is 0. The summed E-state index contributed by atoms with van der Waals surface area (Å²) >= 11 is 0. The zero-order valence-electron chi connectivity index (χ0n) is 10.7. The van der Waals surface area contributed by atoms with Crippen molar-refractivity contribution in [2.24, 2.45) is 0 Å². The van der Waals surface area contributed by atoms with Gasteiger partial charge in [0.15, 0.2) is 0 Å². The molecule has 0 bridgehead atoms. The Labute approximate surface area is 150 Å². The first-order chi connectivity index (χ1) is 2.00. The first-order valence-electron chi connectivity index (χ1n) is 0.783. The molecule has 0 rings (SSSR count). The summed E-state index contributed by atoms with van der Waals surface area (Å²) < 4.78 is 8.88. The van der Waals surface area contributed by atoms with Crippen molar-refractivity contribution in [3.05, 3.63) is 0 Å². The summed E-state index contributed by atoms with van der Waals surface area (Å²) in [7, 11) is -4.64. The molecule has 3 N–H and O–H groups in total. The van der Waals surface area contributed by atoms with Crippen LogP contribution in [0.4, 0.5) is 4.70 Å². The third-order valence-electron chi connectivity index (χ3n) is 0. The van der Waals surface area contributed by atoms with Gasteiger partial charge in [-0.15, -0.1) is 0 Å². The summed E-state index contributed by atoms with van der Waals surface area (Å²) in [4.78, 5) is 21.6. The van der Waals surface area contributed by atoms with Crippen molar-refractivity contribution >= 4 is 121 Å². The Balaban J connectivity index is -0.00000000178. The van der Waals surface area contributed by atoms with E-state index in [1.54, 1.807) is 0 Å². The molecule has 0 aromatic carbocycles. The van der Waals surface area contributed by atoms with Crippen molar-refractivity contribution in [3.63, 3.8) is 0 Å². The van der Waals surface area contributed by atoms with Crippen LogP contribution in [0.25, 0.3) is 0 Å². The van der Waals surface area contributed by atoms with Gasteiger partial charge < -0.3 is 23.2 Å². The second kappa shape index (κ2) is 14.3. The minimum absolute atomic E-state index is 0. The first-order valence-corrected chi connectivity index (χ1v) is 2.35. The Bertz CT molecular complexity index is 76.5. The smallest absolute Gasteiger partial charge is 1.00 e. The van der Waals surface area contributed by atoms with Gasteiger partial charge in [0.2, 0.25) is 0 Å². The van der Waals surface area contributed by atoms with Gasteiger partial charge >= 0.3 is 121 Å². The van der Waals surface area contributed by atoms with Gasteiger partial charge in [0, 0.05) is 0 Å². The molecule has 0 aliphatic heterocycles. The number of hydrogen-bond acceptors (Lipinski definition) is 1. The normalized spacial score (nSPS) is 6.56. The van der Waals surface area contributed by atoms with Crippen molar-refractivity contribution < 1.29 is 32.5 Å². The maximum absolute atomic E-state index is 8.88. The fourth-order valence-electron chi connectivity index (χ4n) is 0. The molecule has 0 saturated carbocycles. The molecule has 52 valence electrons. The standard InChI is InChI=1S/3Ca.FH.H3O4P.6H/c;;;;1-5(2,3)4;;;;;;/h;;;1H;(H3,1,2,3,4);;;;;;/q3*+2;;;6*-1. The zero-order valence-corrected chi connectivity index (χ0v) is 12.2. The van der Waals surface area contributed by atoms with Crippen LogP contribution in [0.1, 0.15) is 8.56 Å². The predicted molar refractivity (Wildman–Crippen MR) is 40.7 cm³/mol. The van der Waals surface area contributed by atoms with E-state index in [9.17, 15) is 0 Å². The fraction of sp³-hybridized carbons (Fsp3) is 0. The molecule has 0 heterocycles. The Morgan fingerprint density at radius 1 is 1.00 bits per heavy atom. The van der Waals surface area contributed by atoms with Crippen molar-refractivity contribution in [2.75, 3.05) is 0 Å². The molecule has 0 saturated heterocycles. The largest absolute Gasteiger partial charge is 2.00 e. The zero-order chi connectivity index (χ0) is 4.50. The summed E-state index contributed by atoms with van der Waals surface area (Å²) in [6.45, 7) is 0. The van der Waals surface area contributed by atoms with Crippen LogP contribution in [0.15, 0.2) is 0 Å². The van der Waals surface area contributed by atoms with Crippen LogP contribution in [-0.2, 0) is 4.57 Å². The van der Waals surface area contributed by atoms with E-state index in [4.69, 9.17) is 19.2 Å². The minimum atomic E-state index is -4.64. The summed E-state index contributed by atoms with van der Waals surface area (Å²) in [5, 5.41) is 0. The van der Waals surface area contributed by atoms with E-state index >= 15 is 0 Å². The van der Waals surface area contributed by atoms with E-state index in [1.165, 1.54) is 0 Å². The maximum Gasteiger partial charge on any atom is 2.00 e. The van der Waals surface area contributed by atoms with Gasteiger partial charge in [-0.25, -0.2) is 4.57 Å². The monoisotopic (exact) mass is 244 g/mol. The van der Waals surface area contributed by atoms with E-state index in [0.29, 0.717) is 0 Å². The molecular weight excluding hydrogens is 234 g/mol. The van der Waals surface area contributed by atoms with Gasteiger partial charge in [0.05, 0.1) is 0 Å². The van der Waals surface area contributed by atoms with Crippen LogP contribution in [0, 0.1) is 0 Å². The SMILES string of the molecule is F.O=P(O)(O)O.[Ca+2].[Ca+2].[Ca+2].[H-].[H-].[H-].[H-].[H-].[H-]. The van der Waals surface area contributed by atoms with Gasteiger partial charge in [-0.2, -0.15) is 0 Å². The molecule has 9 heavy (non-hydrogen) atoms. The second-order valence-electron chi connectivity index (χ2n) is 0.513. The molecule has 0 aromatic rings. The van der Waals surface area contributed by atoms with Gasteiger partial charge in [-0.3, -0.25) is 4.70 Å². The Morgan fingerprint density at radius 2 is 1.00 bits per heavy atom. The van der Waals surface area contributed by atoms with Crippen LogP contribution < -0.4 is 0 Å². The molecule has 4 nitrogen and oxygen atoms in total. The van der Waals surface area contributed by atoms with E-state index < -0.39 is 7.82 Å². The molecule has 0 atom stereocenters. The topological polar surface area (TPSA) is 77.8 Å². The van der Waals surface area contributed by atoms with E-state index in [0.717, 1.165) is 0 Å². The van der Waals surface area contributed by atoms with Gasteiger partial charge in [0.25, 0.3) is 0 Å². The van der Waals surface area contributed by atoms with Crippen molar-refractivity contribution in [1.29, 1.82) is 0 Å². The molecule has 0 amide bonds. The molecule has 0 aliphatic rings. The van der Waals surface area contributed by atoms with Crippen LogP contribution in [0.2, 0.25) is 0 Å². The van der Waals surface area contributed by atoms with E-state index in [2.05, 4.69) is 0 Å². The van der Waals surface area contributed by atoms with Crippen molar-refractivity contribution in [1.82, 2.24) is 0 Å². The molecule has 0 radical (unpaired) electrons. The molecule has 0 aromatic heterocycles. The van der Waals surface area contributed by atoms with E-state index in [1.807, 2.05) is 0 Å². The van der Waals surface area contributed by atoms with Crippen LogP contribution in [-0.4, -0.2) is 128 Å². The molecular formula is H10Ca3FO4P. The Morgan fingerprint density at radius 3 is 1.00 bits per heavy atom.